The summed E-state index contributed by atoms with van der Waals surface area (Å²) in [6.07, 6.45) is 11.0. The van der Waals surface area contributed by atoms with Gasteiger partial charge in [-0.15, -0.1) is 0 Å². The molecule has 1 N–H and O–H groups in total. The monoisotopic (exact) mass is 281 g/mol. The van der Waals surface area contributed by atoms with Gasteiger partial charge in [0.2, 0.25) is 0 Å². The molecule has 0 fully saturated rings. The number of anilines is 1. The lowest BCUT2D eigenvalue weighted by molar-refractivity contribution is -0.519. The molecule has 0 saturated heterocycles. The van der Waals surface area contributed by atoms with Crippen molar-refractivity contribution in [1.82, 2.24) is 0 Å². The van der Waals surface area contributed by atoms with Crippen LogP contribution in [0, 0.1) is 0 Å². The largest absolute Gasteiger partial charge is 0.385 e. The minimum atomic E-state index is 0.954. The van der Waals surface area contributed by atoms with Gasteiger partial charge in [0.05, 0.1) is 0 Å². The summed E-state index contributed by atoms with van der Waals surface area (Å²) in [4.78, 5) is 0. The molecule has 0 spiro atoms. The summed E-state index contributed by atoms with van der Waals surface area (Å²) in [6.45, 7) is 9.54. The quantitative estimate of drug-likeness (QED) is 0.802. The fourth-order valence-corrected chi connectivity index (χ4v) is 2.46. The van der Waals surface area contributed by atoms with Crippen LogP contribution in [0.5, 0.6) is 0 Å². The first-order chi connectivity index (χ1) is 10.3. The van der Waals surface area contributed by atoms with E-state index in [0.717, 1.165) is 19.6 Å². The Bertz CT molecular complexity index is 562. The Morgan fingerprint density at radius 1 is 0.905 bits per heavy atom. The lowest BCUT2D eigenvalue weighted by atomic mass is 10.0. The van der Waals surface area contributed by atoms with Gasteiger partial charge in [-0.3, -0.25) is 0 Å². The van der Waals surface area contributed by atoms with Crippen molar-refractivity contribution in [2.24, 2.45) is 0 Å². The molecule has 0 amide bonds. The predicted molar refractivity (Wildman–Crippen MR) is 93.2 cm³/mol. The zero-order valence-electron chi connectivity index (χ0n) is 13.3. The van der Waals surface area contributed by atoms with E-state index in [2.05, 4.69) is 85.3 Å². The van der Waals surface area contributed by atoms with E-state index >= 15 is 0 Å². The minimum Gasteiger partial charge on any atom is -0.385 e. The van der Waals surface area contributed by atoms with Crippen LogP contribution in [0.25, 0.3) is 6.08 Å². The van der Waals surface area contributed by atoms with Crippen LogP contribution in [0.3, 0.4) is 0 Å². The zero-order chi connectivity index (χ0) is 15.1. The second-order valence-corrected chi connectivity index (χ2v) is 5.06. The summed E-state index contributed by atoms with van der Waals surface area (Å²) < 4.78 is 2.36. The maximum absolute atomic E-state index is 3.31. The average molecular weight is 281 g/mol. The van der Waals surface area contributed by atoms with E-state index in [4.69, 9.17) is 0 Å². The van der Waals surface area contributed by atoms with Gasteiger partial charge in [-0.1, -0.05) is 12.1 Å². The van der Waals surface area contributed by atoms with Crippen molar-refractivity contribution >= 4 is 17.5 Å². The molecule has 2 nitrogen and oxygen atoms in total. The third-order valence-electron chi connectivity index (χ3n) is 3.65. The van der Waals surface area contributed by atoms with E-state index in [1.807, 2.05) is 0 Å². The van der Waals surface area contributed by atoms with Crippen LogP contribution in [-0.4, -0.2) is 29.9 Å². The van der Waals surface area contributed by atoms with E-state index in [0.29, 0.717) is 0 Å². The lowest BCUT2D eigenvalue weighted by Crippen LogP contribution is -2.18. The molecule has 0 bridgehead atoms. The van der Waals surface area contributed by atoms with Gasteiger partial charge in [-0.25, -0.2) is 4.58 Å². The summed E-state index contributed by atoms with van der Waals surface area (Å²) in [7, 11) is 0. The first-order valence-corrected chi connectivity index (χ1v) is 7.80. The lowest BCUT2D eigenvalue weighted by Gasteiger charge is -2.06. The Morgan fingerprint density at radius 3 is 2.05 bits per heavy atom. The standard InChI is InChI=1S/C19H24N2/c1-4-20-18-11-7-16(8-12-18)15-17-9-13-19(14-10-17)21(5-2)6-3/h7-15H,4-6H2,1-3H3/p+1. The van der Waals surface area contributed by atoms with Crippen LogP contribution in [0.2, 0.25) is 0 Å². The van der Waals surface area contributed by atoms with Crippen LogP contribution in [0.4, 0.5) is 5.69 Å². The second-order valence-electron chi connectivity index (χ2n) is 5.06. The maximum atomic E-state index is 3.31. The van der Waals surface area contributed by atoms with Gasteiger partial charge in [0.25, 0.3) is 0 Å². The number of nitrogens with one attached hydrogen (secondary N) is 1. The van der Waals surface area contributed by atoms with Crippen molar-refractivity contribution in [3.8, 4) is 0 Å². The van der Waals surface area contributed by atoms with Gasteiger partial charge in [-0.2, -0.15) is 0 Å². The van der Waals surface area contributed by atoms with Gasteiger partial charge < -0.3 is 5.32 Å². The number of hydrogen-bond donors (Lipinski definition) is 1. The Labute approximate surface area is 128 Å². The summed E-state index contributed by atoms with van der Waals surface area (Å²) in [6, 6.07) is 8.55. The van der Waals surface area contributed by atoms with Crippen molar-refractivity contribution < 1.29 is 4.58 Å². The van der Waals surface area contributed by atoms with Gasteiger partial charge in [0, 0.05) is 24.4 Å². The van der Waals surface area contributed by atoms with Gasteiger partial charge in [-0.05, 0) is 62.3 Å². The highest BCUT2D eigenvalue weighted by Gasteiger charge is 2.07. The highest BCUT2D eigenvalue weighted by molar-refractivity contribution is 6.02. The van der Waals surface area contributed by atoms with E-state index in [1.54, 1.807) is 0 Å². The van der Waals surface area contributed by atoms with Crippen molar-refractivity contribution in [3.63, 3.8) is 0 Å². The summed E-state index contributed by atoms with van der Waals surface area (Å²) >= 11 is 0. The Morgan fingerprint density at radius 2 is 1.52 bits per heavy atom. The smallest absolute Gasteiger partial charge is 0.199 e. The van der Waals surface area contributed by atoms with Gasteiger partial charge in [0.15, 0.2) is 5.71 Å². The van der Waals surface area contributed by atoms with Crippen LogP contribution < -0.4 is 5.32 Å². The van der Waals surface area contributed by atoms with E-state index < -0.39 is 0 Å². The molecule has 0 unspecified atom stereocenters. The Kier molecular flexibility index (Phi) is 5.56. The molecule has 0 atom stereocenters. The molecule has 2 rings (SSSR count). The molecular formula is C19H25N2+. The van der Waals surface area contributed by atoms with Gasteiger partial charge >= 0.3 is 0 Å². The molecule has 21 heavy (non-hydrogen) atoms. The molecule has 0 radical (unpaired) electrons. The fraction of sp³-hybridized carbons (Fsp3) is 0.316. The highest BCUT2D eigenvalue weighted by atomic mass is 15.0. The molecule has 0 aliphatic heterocycles. The predicted octanol–water partition coefficient (Wildman–Crippen LogP) is 4.12. The summed E-state index contributed by atoms with van der Waals surface area (Å²) in [5.41, 5.74) is 4.93. The third-order valence-corrected chi connectivity index (χ3v) is 3.65. The molecule has 110 valence electrons. The molecule has 0 heterocycles. The normalized spacial score (nSPS) is 13.5. The molecule has 0 saturated carbocycles. The van der Waals surface area contributed by atoms with Gasteiger partial charge in [0.1, 0.15) is 13.1 Å². The van der Waals surface area contributed by atoms with Crippen LogP contribution in [0.15, 0.2) is 54.1 Å². The Hall–Kier alpha value is -2.09. The highest BCUT2D eigenvalue weighted by Crippen LogP contribution is 2.15. The first-order valence-electron chi connectivity index (χ1n) is 7.80. The SMILES string of the molecule is CCNc1ccc(C=C2C=CC(=[N+](CC)CC)C=C2)cc1. The fourth-order valence-electron chi connectivity index (χ4n) is 2.46. The van der Waals surface area contributed by atoms with Crippen molar-refractivity contribution in [1.29, 1.82) is 0 Å². The minimum absolute atomic E-state index is 0.954. The zero-order valence-corrected chi connectivity index (χ0v) is 13.3. The number of rotatable bonds is 5. The molecular weight excluding hydrogens is 256 g/mol. The number of nitrogens with zero attached hydrogens (tertiary/aromatic N) is 1. The van der Waals surface area contributed by atoms with Crippen LogP contribution >= 0.6 is 0 Å². The number of benzene rings is 1. The van der Waals surface area contributed by atoms with Crippen LogP contribution in [0.1, 0.15) is 26.3 Å². The molecule has 1 aromatic carbocycles. The third kappa shape index (κ3) is 4.19. The molecule has 1 aliphatic carbocycles. The molecule has 0 aromatic heterocycles. The summed E-state index contributed by atoms with van der Waals surface area (Å²) in [5.74, 6) is 0. The summed E-state index contributed by atoms with van der Waals surface area (Å²) in [5, 5.41) is 3.31. The van der Waals surface area contributed by atoms with Crippen molar-refractivity contribution in [2.75, 3.05) is 25.0 Å². The van der Waals surface area contributed by atoms with Crippen LogP contribution in [-0.2, 0) is 0 Å². The number of hydrogen-bond acceptors (Lipinski definition) is 1. The van der Waals surface area contributed by atoms with E-state index in [9.17, 15) is 0 Å². The van der Waals surface area contributed by atoms with E-state index in [-0.39, 0.29) is 0 Å². The maximum Gasteiger partial charge on any atom is 0.199 e. The molecule has 1 aromatic rings. The molecule has 2 heteroatoms. The number of allylic oxidation sites excluding steroid dienone is 5. The second kappa shape index (κ2) is 7.63. The van der Waals surface area contributed by atoms with Crippen molar-refractivity contribution in [3.05, 3.63) is 59.7 Å². The average Bonchev–Trinajstić information content (AvgIpc) is 2.52. The topological polar surface area (TPSA) is 15.0 Å². The Balaban J connectivity index is 2.12. The molecule has 1 aliphatic rings. The van der Waals surface area contributed by atoms with E-state index in [1.165, 1.54) is 22.5 Å². The van der Waals surface area contributed by atoms with Crippen molar-refractivity contribution in [2.45, 2.75) is 20.8 Å². The first kappa shape index (κ1) is 15.3.